The zero-order valence-corrected chi connectivity index (χ0v) is 12.8. The predicted molar refractivity (Wildman–Crippen MR) is 78.2 cm³/mol. The van der Waals surface area contributed by atoms with Gasteiger partial charge >= 0.3 is 0 Å². The molecule has 0 aliphatic rings. The molecule has 1 heterocycles. The van der Waals surface area contributed by atoms with Gasteiger partial charge in [0.15, 0.2) is 5.16 Å². The molecule has 0 saturated carbocycles. The molecule has 0 aliphatic carbocycles. The second-order valence-electron chi connectivity index (χ2n) is 4.45. The molecule has 1 atom stereocenters. The molecule has 0 spiro atoms. The third kappa shape index (κ3) is 4.80. The van der Waals surface area contributed by atoms with E-state index in [0.717, 1.165) is 34.4 Å². The van der Waals surface area contributed by atoms with E-state index in [1.807, 2.05) is 27.7 Å². The van der Waals surface area contributed by atoms with E-state index < -0.39 is 0 Å². The fraction of sp³-hybridized carbons (Fsp3) is 0.615. The van der Waals surface area contributed by atoms with Crippen LogP contribution in [0, 0.1) is 20.8 Å². The normalized spacial score (nSPS) is 12.4. The highest BCUT2D eigenvalue weighted by molar-refractivity contribution is 7.99. The van der Waals surface area contributed by atoms with Gasteiger partial charge in [-0.25, -0.2) is 9.97 Å². The average molecular weight is 282 g/mol. The third-order valence-electron chi connectivity index (χ3n) is 3.04. The van der Waals surface area contributed by atoms with Gasteiger partial charge in [-0.1, -0.05) is 18.7 Å². The first-order valence-corrected chi connectivity index (χ1v) is 7.41. The van der Waals surface area contributed by atoms with E-state index in [4.69, 9.17) is 5.73 Å². The number of hydrogen-bond donors (Lipinski definition) is 2. The molecule has 6 heteroatoms. The number of thioether (sulfide) groups is 1. The van der Waals surface area contributed by atoms with Crippen LogP contribution in [0.4, 0.5) is 0 Å². The molecule has 106 valence electrons. The number of aromatic nitrogens is 2. The quantitative estimate of drug-likeness (QED) is 0.583. The van der Waals surface area contributed by atoms with Crippen LogP contribution < -0.4 is 11.1 Å². The van der Waals surface area contributed by atoms with Crippen molar-refractivity contribution in [3.63, 3.8) is 0 Å². The Balaban J connectivity index is 2.55. The Morgan fingerprint density at radius 3 is 2.37 bits per heavy atom. The van der Waals surface area contributed by atoms with Gasteiger partial charge in [0.1, 0.15) is 0 Å². The van der Waals surface area contributed by atoms with Crippen LogP contribution in [0.3, 0.4) is 0 Å². The second kappa shape index (κ2) is 7.45. The van der Waals surface area contributed by atoms with Gasteiger partial charge in [-0.15, -0.1) is 0 Å². The highest BCUT2D eigenvalue weighted by Crippen LogP contribution is 2.18. The number of primary amides is 1. The molecule has 3 N–H and O–H groups in total. The lowest BCUT2D eigenvalue weighted by Crippen LogP contribution is -2.41. The van der Waals surface area contributed by atoms with Gasteiger partial charge in [0.25, 0.3) is 0 Å². The molecule has 0 aliphatic heterocycles. The lowest BCUT2D eigenvalue weighted by Gasteiger charge is -2.13. The van der Waals surface area contributed by atoms with E-state index in [9.17, 15) is 4.79 Å². The molecule has 1 unspecified atom stereocenters. The van der Waals surface area contributed by atoms with Crippen LogP contribution >= 0.6 is 11.8 Å². The maximum atomic E-state index is 11.2. The second-order valence-corrected chi connectivity index (χ2v) is 5.51. The van der Waals surface area contributed by atoms with Crippen molar-refractivity contribution in [3.05, 3.63) is 17.0 Å². The van der Waals surface area contributed by atoms with Gasteiger partial charge in [-0.2, -0.15) is 0 Å². The summed E-state index contributed by atoms with van der Waals surface area (Å²) in [6.07, 6.45) is 0.684. The first kappa shape index (κ1) is 15.9. The summed E-state index contributed by atoms with van der Waals surface area (Å²) in [6.45, 7) is 8.68. The Labute approximate surface area is 118 Å². The molecule has 0 bridgehead atoms. The first-order chi connectivity index (χ1) is 8.95. The number of carbonyl (C=O) groups excluding carboxylic acids is 1. The Hall–Kier alpha value is -1.14. The molecule has 0 radical (unpaired) electrons. The number of hydrogen-bond acceptors (Lipinski definition) is 5. The SMILES string of the molecule is CCNC(CCSc1nc(C)c(C)c(C)n1)C(N)=O. The Morgan fingerprint density at radius 1 is 1.32 bits per heavy atom. The third-order valence-corrected chi connectivity index (χ3v) is 3.92. The molecular formula is C13H22N4OS. The summed E-state index contributed by atoms with van der Waals surface area (Å²) in [6, 6.07) is -0.273. The van der Waals surface area contributed by atoms with Crippen molar-refractivity contribution in [1.82, 2.24) is 15.3 Å². The van der Waals surface area contributed by atoms with Gasteiger partial charge in [0.05, 0.1) is 6.04 Å². The predicted octanol–water partition coefficient (Wildman–Crippen LogP) is 1.35. The smallest absolute Gasteiger partial charge is 0.234 e. The zero-order chi connectivity index (χ0) is 14.4. The number of nitrogens with zero attached hydrogens (tertiary/aromatic N) is 2. The zero-order valence-electron chi connectivity index (χ0n) is 12.0. The van der Waals surface area contributed by atoms with E-state index in [0.29, 0.717) is 6.42 Å². The van der Waals surface area contributed by atoms with E-state index in [-0.39, 0.29) is 11.9 Å². The number of amides is 1. The van der Waals surface area contributed by atoms with Crippen molar-refractivity contribution in [1.29, 1.82) is 0 Å². The molecule has 0 saturated heterocycles. The van der Waals surface area contributed by atoms with Gasteiger partial charge in [-0.3, -0.25) is 4.79 Å². The minimum atomic E-state index is -0.306. The Morgan fingerprint density at radius 2 is 1.89 bits per heavy atom. The van der Waals surface area contributed by atoms with Crippen molar-refractivity contribution in [2.24, 2.45) is 5.73 Å². The van der Waals surface area contributed by atoms with Crippen molar-refractivity contribution in [2.45, 2.75) is 45.3 Å². The van der Waals surface area contributed by atoms with Crippen molar-refractivity contribution >= 4 is 17.7 Å². The van der Waals surface area contributed by atoms with E-state index in [1.54, 1.807) is 11.8 Å². The molecule has 5 nitrogen and oxygen atoms in total. The van der Waals surface area contributed by atoms with Crippen LogP contribution in [0.1, 0.15) is 30.3 Å². The number of aryl methyl sites for hydroxylation is 2. The largest absolute Gasteiger partial charge is 0.368 e. The summed E-state index contributed by atoms with van der Waals surface area (Å²) in [4.78, 5) is 20.1. The molecule has 1 aromatic rings. The Bertz CT molecular complexity index is 427. The molecule has 19 heavy (non-hydrogen) atoms. The van der Waals surface area contributed by atoms with Crippen LogP contribution in [0.5, 0.6) is 0 Å². The first-order valence-electron chi connectivity index (χ1n) is 6.43. The molecule has 0 fully saturated rings. The van der Waals surface area contributed by atoms with Crippen LogP contribution in [-0.2, 0) is 4.79 Å². The van der Waals surface area contributed by atoms with Crippen LogP contribution in [0.15, 0.2) is 5.16 Å². The number of carbonyl (C=O) groups is 1. The lowest BCUT2D eigenvalue weighted by atomic mass is 10.2. The molecular weight excluding hydrogens is 260 g/mol. The highest BCUT2D eigenvalue weighted by atomic mass is 32.2. The molecule has 1 rings (SSSR count). The topological polar surface area (TPSA) is 80.9 Å². The number of likely N-dealkylation sites (N-methyl/N-ethyl adjacent to an activating group) is 1. The number of rotatable bonds is 7. The van der Waals surface area contributed by atoms with E-state index in [2.05, 4.69) is 15.3 Å². The molecule has 0 aromatic carbocycles. The van der Waals surface area contributed by atoms with Crippen molar-refractivity contribution in [2.75, 3.05) is 12.3 Å². The van der Waals surface area contributed by atoms with E-state index in [1.165, 1.54) is 0 Å². The molecule has 1 aromatic heterocycles. The van der Waals surface area contributed by atoms with E-state index >= 15 is 0 Å². The number of nitrogens with one attached hydrogen (secondary N) is 1. The summed E-state index contributed by atoms with van der Waals surface area (Å²) in [5.74, 6) is 0.461. The maximum Gasteiger partial charge on any atom is 0.234 e. The summed E-state index contributed by atoms with van der Waals surface area (Å²) in [7, 11) is 0. The van der Waals surface area contributed by atoms with Gasteiger partial charge in [0.2, 0.25) is 5.91 Å². The summed E-state index contributed by atoms with van der Waals surface area (Å²) >= 11 is 1.56. The molecule has 1 amide bonds. The standard InChI is InChI=1S/C13H22N4OS/c1-5-15-11(12(14)18)6-7-19-13-16-9(3)8(2)10(4)17-13/h11,15H,5-7H2,1-4H3,(H2,14,18). The Kier molecular flexibility index (Phi) is 6.24. The summed E-state index contributed by atoms with van der Waals surface area (Å²) < 4.78 is 0. The van der Waals surface area contributed by atoms with Gasteiger partial charge < -0.3 is 11.1 Å². The average Bonchev–Trinajstić information content (AvgIpc) is 2.34. The summed E-state index contributed by atoms with van der Waals surface area (Å²) in [5.41, 5.74) is 8.47. The fourth-order valence-electron chi connectivity index (χ4n) is 1.67. The monoisotopic (exact) mass is 282 g/mol. The van der Waals surface area contributed by atoms with Crippen LogP contribution in [-0.4, -0.2) is 34.2 Å². The van der Waals surface area contributed by atoms with Gasteiger partial charge in [0, 0.05) is 17.1 Å². The summed E-state index contributed by atoms with van der Waals surface area (Å²) in [5, 5.41) is 3.84. The maximum absolute atomic E-state index is 11.2. The van der Waals surface area contributed by atoms with Crippen LogP contribution in [0.25, 0.3) is 0 Å². The number of nitrogens with two attached hydrogens (primary N) is 1. The minimum absolute atomic E-state index is 0.273. The van der Waals surface area contributed by atoms with Crippen molar-refractivity contribution < 1.29 is 4.79 Å². The van der Waals surface area contributed by atoms with Crippen LogP contribution in [0.2, 0.25) is 0 Å². The van der Waals surface area contributed by atoms with Gasteiger partial charge in [-0.05, 0) is 39.3 Å². The fourth-order valence-corrected chi connectivity index (χ4v) is 2.60. The lowest BCUT2D eigenvalue weighted by molar-refractivity contribution is -0.120. The minimum Gasteiger partial charge on any atom is -0.368 e. The highest BCUT2D eigenvalue weighted by Gasteiger charge is 2.14. The van der Waals surface area contributed by atoms with Crippen molar-refractivity contribution in [3.8, 4) is 0 Å².